The highest BCUT2D eigenvalue weighted by Crippen LogP contribution is 2.20. The first-order valence-electron chi connectivity index (χ1n) is 5.77. The van der Waals surface area contributed by atoms with Gasteiger partial charge in [0, 0.05) is 18.7 Å². The fraction of sp³-hybridized carbons (Fsp3) is 0.385. The average Bonchev–Trinajstić information content (AvgIpc) is 2.81. The molecule has 0 bridgehead atoms. The summed E-state index contributed by atoms with van der Waals surface area (Å²) in [7, 11) is 0. The Morgan fingerprint density at radius 3 is 2.78 bits per heavy atom. The van der Waals surface area contributed by atoms with Crippen LogP contribution in [0.4, 0.5) is 4.39 Å². The van der Waals surface area contributed by atoms with Crippen molar-refractivity contribution in [2.24, 2.45) is 5.92 Å². The molecule has 1 aliphatic heterocycles. The van der Waals surface area contributed by atoms with E-state index in [0.29, 0.717) is 24.1 Å². The van der Waals surface area contributed by atoms with E-state index < -0.39 is 17.7 Å². The molecule has 1 unspecified atom stereocenters. The highest BCUT2D eigenvalue weighted by Gasteiger charge is 2.31. The number of hydrogen-bond donors (Lipinski definition) is 1. The Labute approximate surface area is 104 Å². The number of benzene rings is 1. The van der Waals surface area contributed by atoms with E-state index in [1.165, 1.54) is 17.0 Å². The number of carbonyl (C=O) groups is 2. The van der Waals surface area contributed by atoms with Crippen LogP contribution in [-0.4, -0.2) is 35.0 Å². The number of likely N-dealkylation sites (tertiary alicyclic amines) is 1. The first kappa shape index (κ1) is 12.5. The van der Waals surface area contributed by atoms with Gasteiger partial charge in [0.05, 0.1) is 5.92 Å². The number of aryl methyl sites for hydroxylation is 1. The number of carboxylic acid groups (broad SMARTS) is 1. The molecule has 1 N–H and O–H groups in total. The first-order valence-corrected chi connectivity index (χ1v) is 5.77. The van der Waals surface area contributed by atoms with Crippen molar-refractivity contribution in [1.29, 1.82) is 0 Å². The minimum Gasteiger partial charge on any atom is -0.481 e. The van der Waals surface area contributed by atoms with Gasteiger partial charge in [-0.15, -0.1) is 0 Å². The molecule has 5 heteroatoms. The second-order valence-electron chi connectivity index (χ2n) is 4.53. The third-order valence-electron chi connectivity index (χ3n) is 3.25. The number of amides is 1. The van der Waals surface area contributed by atoms with Gasteiger partial charge < -0.3 is 10.0 Å². The fourth-order valence-electron chi connectivity index (χ4n) is 2.14. The van der Waals surface area contributed by atoms with Crippen molar-refractivity contribution < 1.29 is 19.1 Å². The van der Waals surface area contributed by atoms with Crippen molar-refractivity contribution in [3.05, 3.63) is 35.1 Å². The predicted octanol–water partition coefficient (Wildman–Crippen LogP) is 1.68. The number of carbonyl (C=O) groups excluding carboxylic acids is 1. The summed E-state index contributed by atoms with van der Waals surface area (Å²) in [4.78, 5) is 24.5. The summed E-state index contributed by atoms with van der Waals surface area (Å²) in [6.45, 7) is 2.34. The topological polar surface area (TPSA) is 57.6 Å². The molecule has 2 rings (SSSR count). The molecule has 4 nitrogen and oxygen atoms in total. The summed E-state index contributed by atoms with van der Waals surface area (Å²) in [5.74, 6) is -2.15. The molecule has 1 aliphatic rings. The SMILES string of the molecule is Cc1ccc(F)cc1C(=O)N1CCC(C(=O)O)C1. The number of carboxylic acids is 1. The van der Waals surface area contributed by atoms with Crippen molar-refractivity contribution in [2.45, 2.75) is 13.3 Å². The van der Waals surface area contributed by atoms with E-state index in [2.05, 4.69) is 0 Å². The molecule has 0 aliphatic carbocycles. The van der Waals surface area contributed by atoms with Crippen LogP contribution in [0.1, 0.15) is 22.3 Å². The van der Waals surface area contributed by atoms with Gasteiger partial charge in [-0.1, -0.05) is 6.07 Å². The predicted molar refractivity (Wildman–Crippen MR) is 62.8 cm³/mol. The van der Waals surface area contributed by atoms with Crippen molar-refractivity contribution in [3.8, 4) is 0 Å². The lowest BCUT2D eigenvalue weighted by Crippen LogP contribution is -2.30. The van der Waals surface area contributed by atoms with Crippen LogP contribution in [0.2, 0.25) is 0 Å². The number of nitrogens with zero attached hydrogens (tertiary/aromatic N) is 1. The Balaban J connectivity index is 2.17. The molecule has 0 spiro atoms. The van der Waals surface area contributed by atoms with Crippen LogP contribution in [0.5, 0.6) is 0 Å². The van der Waals surface area contributed by atoms with Crippen molar-refractivity contribution in [2.75, 3.05) is 13.1 Å². The molecule has 1 fully saturated rings. The van der Waals surface area contributed by atoms with E-state index in [1.807, 2.05) is 0 Å². The second-order valence-corrected chi connectivity index (χ2v) is 4.53. The Kier molecular flexibility index (Phi) is 3.32. The van der Waals surface area contributed by atoms with Crippen LogP contribution >= 0.6 is 0 Å². The van der Waals surface area contributed by atoms with E-state index in [0.717, 1.165) is 0 Å². The Morgan fingerprint density at radius 2 is 2.17 bits per heavy atom. The molecule has 18 heavy (non-hydrogen) atoms. The molecule has 1 aromatic carbocycles. The number of rotatable bonds is 2. The van der Waals surface area contributed by atoms with Crippen LogP contribution in [0.3, 0.4) is 0 Å². The Bertz CT molecular complexity index is 501. The standard InChI is InChI=1S/C13H14FNO3/c1-8-2-3-10(14)6-11(8)12(16)15-5-4-9(7-15)13(17)18/h2-3,6,9H,4-5,7H2,1H3,(H,17,18). The van der Waals surface area contributed by atoms with Crippen LogP contribution in [-0.2, 0) is 4.79 Å². The van der Waals surface area contributed by atoms with E-state index >= 15 is 0 Å². The minimum atomic E-state index is -0.888. The molecule has 0 saturated carbocycles. The highest BCUT2D eigenvalue weighted by molar-refractivity contribution is 5.96. The molecule has 96 valence electrons. The van der Waals surface area contributed by atoms with Gasteiger partial charge in [-0.05, 0) is 31.0 Å². The van der Waals surface area contributed by atoms with Gasteiger partial charge in [0.2, 0.25) is 0 Å². The van der Waals surface area contributed by atoms with Gasteiger partial charge in [-0.2, -0.15) is 0 Å². The largest absolute Gasteiger partial charge is 0.481 e. The van der Waals surface area contributed by atoms with Gasteiger partial charge in [0.15, 0.2) is 0 Å². The van der Waals surface area contributed by atoms with Crippen molar-refractivity contribution >= 4 is 11.9 Å². The molecular formula is C13H14FNO3. The normalized spacial score (nSPS) is 19.0. The van der Waals surface area contributed by atoms with Gasteiger partial charge >= 0.3 is 5.97 Å². The third kappa shape index (κ3) is 2.34. The molecule has 1 heterocycles. The molecule has 0 aromatic heterocycles. The quantitative estimate of drug-likeness (QED) is 0.870. The first-order chi connectivity index (χ1) is 8.49. The third-order valence-corrected chi connectivity index (χ3v) is 3.25. The zero-order valence-corrected chi connectivity index (χ0v) is 10.0. The van der Waals surface area contributed by atoms with Crippen LogP contribution in [0.25, 0.3) is 0 Å². The lowest BCUT2D eigenvalue weighted by Gasteiger charge is -2.17. The number of hydrogen-bond acceptors (Lipinski definition) is 2. The smallest absolute Gasteiger partial charge is 0.308 e. The maximum Gasteiger partial charge on any atom is 0.308 e. The van der Waals surface area contributed by atoms with E-state index in [-0.39, 0.29) is 12.5 Å². The van der Waals surface area contributed by atoms with Crippen molar-refractivity contribution in [1.82, 2.24) is 4.90 Å². The average molecular weight is 251 g/mol. The van der Waals surface area contributed by atoms with Crippen LogP contribution < -0.4 is 0 Å². The lowest BCUT2D eigenvalue weighted by molar-refractivity contribution is -0.141. The minimum absolute atomic E-state index is 0.199. The summed E-state index contributed by atoms with van der Waals surface area (Å²) < 4.78 is 13.1. The lowest BCUT2D eigenvalue weighted by atomic mass is 10.1. The Morgan fingerprint density at radius 1 is 1.44 bits per heavy atom. The maximum atomic E-state index is 13.1. The van der Waals surface area contributed by atoms with E-state index in [1.54, 1.807) is 13.0 Å². The van der Waals surface area contributed by atoms with E-state index in [9.17, 15) is 14.0 Å². The fourth-order valence-corrected chi connectivity index (χ4v) is 2.14. The zero-order valence-electron chi connectivity index (χ0n) is 10.0. The molecule has 1 atom stereocenters. The summed E-state index contributed by atoms with van der Waals surface area (Å²) >= 11 is 0. The summed E-state index contributed by atoms with van der Waals surface area (Å²) in [6.07, 6.45) is 0.454. The molecule has 1 saturated heterocycles. The highest BCUT2D eigenvalue weighted by atomic mass is 19.1. The summed E-state index contributed by atoms with van der Waals surface area (Å²) in [5.41, 5.74) is 1.00. The van der Waals surface area contributed by atoms with Crippen molar-refractivity contribution in [3.63, 3.8) is 0 Å². The number of halogens is 1. The number of aliphatic carboxylic acids is 1. The van der Waals surface area contributed by atoms with E-state index in [4.69, 9.17) is 5.11 Å². The van der Waals surface area contributed by atoms with Gasteiger partial charge in [-0.3, -0.25) is 9.59 Å². The summed E-state index contributed by atoms with van der Waals surface area (Å²) in [5, 5.41) is 8.88. The van der Waals surface area contributed by atoms with Crippen LogP contribution in [0.15, 0.2) is 18.2 Å². The molecular weight excluding hydrogens is 237 g/mol. The Hall–Kier alpha value is -1.91. The molecule has 0 radical (unpaired) electrons. The van der Waals surface area contributed by atoms with Gasteiger partial charge in [0.1, 0.15) is 5.82 Å². The van der Waals surface area contributed by atoms with Gasteiger partial charge in [0.25, 0.3) is 5.91 Å². The molecule has 1 aromatic rings. The maximum absolute atomic E-state index is 13.1. The van der Waals surface area contributed by atoms with Gasteiger partial charge in [-0.25, -0.2) is 4.39 Å². The van der Waals surface area contributed by atoms with Crippen LogP contribution in [0, 0.1) is 18.7 Å². The zero-order chi connectivity index (χ0) is 13.3. The second kappa shape index (κ2) is 4.76. The molecule has 1 amide bonds. The monoisotopic (exact) mass is 251 g/mol. The summed E-state index contributed by atoms with van der Waals surface area (Å²) in [6, 6.07) is 4.05.